The van der Waals surface area contributed by atoms with Gasteiger partial charge in [0.05, 0.1) is 5.56 Å². The number of hydrogen-bond donors (Lipinski definition) is 1. The molecule has 118 valence electrons. The molecule has 0 aliphatic carbocycles. The smallest absolute Gasteiger partial charge is 0.350 e. The molecule has 8 heteroatoms. The molecule has 0 saturated heterocycles. The highest BCUT2D eigenvalue weighted by Gasteiger charge is 2.30. The third-order valence-electron chi connectivity index (χ3n) is 3.07. The molecule has 0 radical (unpaired) electrons. The van der Waals surface area contributed by atoms with E-state index in [0.29, 0.717) is 24.4 Å². The number of halogens is 3. The first-order valence-electron chi connectivity index (χ1n) is 6.74. The van der Waals surface area contributed by atoms with Crippen molar-refractivity contribution in [2.75, 3.05) is 6.54 Å². The second kappa shape index (κ2) is 6.59. The molecule has 0 spiro atoms. The molecule has 5 nitrogen and oxygen atoms in total. The average Bonchev–Trinajstić information content (AvgIpc) is 2.95. The van der Waals surface area contributed by atoms with Crippen molar-refractivity contribution in [1.82, 2.24) is 20.1 Å². The molecule has 0 atom stereocenters. The van der Waals surface area contributed by atoms with Crippen LogP contribution in [0.4, 0.5) is 13.2 Å². The van der Waals surface area contributed by atoms with Crippen LogP contribution in [0.3, 0.4) is 0 Å². The van der Waals surface area contributed by atoms with E-state index in [1.165, 1.54) is 12.3 Å². The number of hydrogen-bond acceptors (Lipinski definition) is 3. The number of pyridine rings is 1. The minimum atomic E-state index is -4.39. The third kappa shape index (κ3) is 3.84. The van der Waals surface area contributed by atoms with Gasteiger partial charge in [0.2, 0.25) is 0 Å². The van der Waals surface area contributed by atoms with E-state index in [0.717, 1.165) is 12.3 Å². The third-order valence-corrected chi connectivity index (χ3v) is 3.07. The van der Waals surface area contributed by atoms with Gasteiger partial charge in [0, 0.05) is 37.6 Å². The van der Waals surface area contributed by atoms with E-state index in [1.54, 1.807) is 10.7 Å². The fourth-order valence-electron chi connectivity index (χ4n) is 1.91. The zero-order valence-electron chi connectivity index (χ0n) is 11.9. The summed E-state index contributed by atoms with van der Waals surface area (Å²) in [6.07, 6.45) is -1.71. The van der Waals surface area contributed by atoms with Crippen molar-refractivity contribution in [2.45, 2.75) is 26.1 Å². The van der Waals surface area contributed by atoms with Crippen LogP contribution in [-0.2, 0) is 19.1 Å². The van der Waals surface area contributed by atoms with Crippen LogP contribution >= 0.6 is 0 Å². The number of aromatic nitrogens is 3. The minimum Gasteiger partial charge on any atom is -0.350 e. The summed E-state index contributed by atoms with van der Waals surface area (Å²) in [5.41, 5.74) is 0.146. The van der Waals surface area contributed by atoms with Crippen LogP contribution in [0.2, 0.25) is 0 Å². The van der Waals surface area contributed by atoms with E-state index in [9.17, 15) is 18.0 Å². The number of rotatable bonds is 5. The van der Waals surface area contributed by atoms with Crippen molar-refractivity contribution in [1.29, 1.82) is 0 Å². The number of amides is 1. The normalized spacial score (nSPS) is 11.5. The molecular formula is C14H15F3N4O. The average molecular weight is 312 g/mol. The molecule has 0 aliphatic rings. The monoisotopic (exact) mass is 312 g/mol. The van der Waals surface area contributed by atoms with Crippen molar-refractivity contribution in [3.63, 3.8) is 0 Å². The van der Waals surface area contributed by atoms with Crippen molar-refractivity contribution in [3.8, 4) is 0 Å². The lowest BCUT2D eigenvalue weighted by Crippen LogP contribution is -2.28. The topological polar surface area (TPSA) is 59.8 Å². The molecule has 0 aliphatic heterocycles. The van der Waals surface area contributed by atoms with Crippen LogP contribution in [0, 0.1) is 0 Å². The number of carbonyl (C=O) groups is 1. The number of nitrogens with zero attached hydrogens (tertiary/aromatic N) is 3. The number of alkyl halides is 3. The van der Waals surface area contributed by atoms with Crippen LogP contribution in [0.1, 0.15) is 28.7 Å². The van der Waals surface area contributed by atoms with Gasteiger partial charge in [-0.3, -0.25) is 14.5 Å². The van der Waals surface area contributed by atoms with Gasteiger partial charge in [0.15, 0.2) is 0 Å². The second-order valence-corrected chi connectivity index (χ2v) is 4.57. The zero-order chi connectivity index (χ0) is 16.2. The molecule has 2 rings (SSSR count). The Hall–Kier alpha value is -2.38. The lowest BCUT2D eigenvalue weighted by Gasteiger charge is -2.08. The SMILES string of the molecule is CCn1nccc1C(=O)NCCc1ccc(C(F)(F)F)cn1. The Kier molecular flexibility index (Phi) is 4.79. The highest BCUT2D eigenvalue weighted by atomic mass is 19.4. The molecule has 2 aromatic heterocycles. The minimum absolute atomic E-state index is 0.272. The van der Waals surface area contributed by atoms with E-state index in [2.05, 4.69) is 15.4 Å². The lowest BCUT2D eigenvalue weighted by molar-refractivity contribution is -0.137. The summed E-state index contributed by atoms with van der Waals surface area (Å²) in [5, 5.41) is 6.68. The zero-order valence-corrected chi connectivity index (χ0v) is 11.9. The molecule has 1 amide bonds. The van der Waals surface area contributed by atoms with Gasteiger partial charge in [-0.1, -0.05) is 0 Å². The van der Waals surface area contributed by atoms with Crippen LogP contribution in [0.15, 0.2) is 30.6 Å². The maximum atomic E-state index is 12.4. The Bertz CT molecular complexity index is 634. The van der Waals surface area contributed by atoms with Gasteiger partial charge in [-0.05, 0) is 25.1 Å². The van der Waals surface area contributed by atoms with Crippen LogP contribution in [0.25, 0.3) is 0 Å². The largest absolute Gasteiger partial charge is 0.417 e. The fraction of sp³-hybridized carbons (Fsp3) is 0.357. The van der Waals surface area contributed by atoms with Gasteiger partial charge in [-0.15, -0.1) is 0 Å². The summed E-state index contributed by atoms with van der Waals surface area (Å²) in [6, 6.07) is 3.90. The van der Waals surface area contributed by atoms with E-state index >= 15 is 0 Å². The molecule has 0 aromatic carbocycles. The first kappa shape index (κ1) is 16.0. The predicted octanol–water partition coefficient (Wildman–Crippen LogP) is 2.29. The van der Waals surface area contributed by atoms with Crippen LogP contribution in [0.5, 0.6) is 0 Å². The molecule has 2 aromatic rings. The van der Waals surface area contributed by atoms with Gasteiger partial charge in [0.25, 0.3) is 5.91 Å². The Balaban J connectivity index is 1.87. The maximum absolute atomic E-state index is 12.4. The van der Waals surface area contributed by atoms with Gasteiger partial charge >= 0.3 is 6.18 Å². The van der Waals surface area contributed by atoms with E-state index in [1.807, 2.05) is 6.92 Å². The van der Waals surface area contributed by atoms with E-state index in [-0.39, 0.29) is 12.5 Å². The van der Waals surface area contributed by atoms with Gasteiger partial charge in [-0.25, -0.2) is 0 Å². The van der Waals surface area contributed by atoms with Gasteiger partial charge in [0.1, 0.15) is 5.69 Å². The predicted molar refractivity (Wildman–Crippen MR) is 73.2 cm³/mol. The Morgan fingerprint density at radius 3 is 2.68 bits per heavy atom. The summed E-state index contributed by atoms with van der Waals surface area (Å²) >= 11 is 0. The molecule has 0 unspecified atom stereocenters. The van der Waals surface area contributed by atoms with E-state index in [4.69, 9.17) is 0 Å². The Morgan fingerprint density at radius 1 is 1.32 bits per heavy atom. The number of nitrogens with one attached hydrogen (secondary N) is 1. The summed E-state index contributed by atoms with van der Waals surface area (Å²) in [7, 11) is 0. The van der Waals surface area contributed by atoms with Crippen molar-refractivity contribution in [2.24, 2.45) is 0 Å². The summed E-state index contributed by atoms with van der Waals surface area (Å²) in [5.74, 6) is -0.272. The first-order valence-corrected chi connectivity index (χ1v) is 6.74. The fourth-order valence-corrected chi connectivity index (χ4v) is 1.91. The highest BCUT2D eigenvalue weighted by molar-refractivity contribution is 5.92. The van der Waals surface area contributed by atoms with Crippen LogP contribution < -0.4 is 5.32 Å². The van der Waals surface area contributed by atoms with Crippen molar-refractivity contribution >= 4 is 5.91 Å². The molecular weight excluding hydrogens is 297 g/mol. The van der Waals surface area contributed by atoms with Gasteiger partial charge < -0.3 is 5.32 Å². The highest BCUT2D eigenvalue weighted by Crippen LogP contribution is 2.28. The lowest BCUT2D eigenvalue weighted by atomic mass is 10.2. The quantitative estimate of drug-likeness (QED) is 0.921. The Morgan fingerprint density at radius 2 is 2.09 bits per heavy atom. The number of aryl methyl sites for hydroxylation is 1. The molecule has 22 heavy (non-hydrogen) atoms. The van der Waals surface area contributed by atoms with E-state index < -0.39 is 11.7 Å². The summed E-state index contributed by atoms with van der Waals surface area (Å²) in [4.78, 5) is 15.7. The Labute approximate surface area is 125 Å². The first-order chi connectivity index (χ1) is 10.4. The molecule has 0 saturated carbocycles. The van der Waals surface area contributed by atoms with Crippen molar-refractivity contribution in [3.05, 3.63) is 47.5 Å². The maximum Gasteiger partial charge on any atom is 0.417 e. The van der Waals surface area contributed by atoms with Gasteiger partial charge in [-0.2, -0.15) is 18.3 Å². The molecule has 0 bridgehead atoms. The summed E-state index contributed by atoms with van der Waals surface area (Å²) in [6.45, 7) is 2.73. The van der Waals surface area contributed by atoms with Crippen molar-refractivity contribution < 1.29 is 18.0 Å². The van der Waals surface area contributed by atoms with Crippen LogP contribution in [-0.4, -0.2) is 27.2 Å². The molecule has 2 heterocycles. The summed E-state index contributed by atoms with van der Waals surface area (Å²) < 4.78 is 38.8. The molecule has 0 fully saturated rings. The molecule has 1 N–H and O–H groups in total. The second-order valence-electron chi connectivity index (χ2n) is 4.57. The standard InChI is InChI=1S/C14H15F3N4O/c1-2-21-12(6-8-20-21)13(22)18-7-5-11-4-3-10(9-19-11)14(15,16)17/h3-4,6,8-9H,2,5,7H2,1H3,(H,18,22). The number of carbonyl (C=O) groups excluding carboxylic acids is 1.